The van der Waals surface area contributed by atoms with Crippen LogP contribution in [-0.4, -0.2) is 40.5 Å². The van der Waals surface area contributed by atoms with Gasteiger partial charge in [0, 0.05) is 23.8 Å². The SMILES string of the molecule is CCN(C)C1(CNc2cc(C)nc(N)n2)CCCC1. The average molecular weight is 263 g/mol. The highest BCUT2D eigenvalue weighted by atomic mass is 15.2. The second-order valence-electron chi connectivity index (χ2n) is 5.55. The van der Waals surface area contributed by atoms with E-state index in [0.717, 1.165) is 24.6 Å². The number of aryl methyl sites for hydroxylation is 1. The third-order valence-corrected chi connectivity index (χ3v) is 4.29. The third kappa shape index (κ3) is 3.15. The molecular weight excluding hydrogens is 238 g/mol. The molecule has 0 aliphatic heterocycles. The molecule has 106 valence electrons. The van der Waals surface area contributed by atoms with Crippen molar-refractivity contribution in [2.24, 2.45) is 0 Å². The molecule has 0 amide bonds. The smallest absolute Gasteiger partial charge is 0.222 e. The number of nitrogen functional groups attached to an aromatic ring is 1. The molecule has 1 aromatic rings. The van der Waals surface area contributed by atoms with Crippen LogP contribution in [0, 0.1) is 6.92 Å². The lowest BCUT2D eigenvalue weighted by Gasteiger charge is -2.38. The van der Waals surface area contributed by atoms with E-state index in [1.165, 1.54) is 25.7 Å². The van der Waals surface area contributed by atoms with Gasteiger partial charge in [0.05, 0.1) is 0 Å². The van der Waals surface area contributed by atoms with Gasteiger partial charge in [0.1, 0.15) is 5.82 Å². The summed E-state index contributed by atoms with van der Waals surface area (Å²) >= 11 is 0. The molecule has 2 rings (SSSR count). The van der Waals surface area contributed by atoms with E-state index in [-0.39, 0.29) is 5.54 Å². The maximum atomic E-state index is 5.69. The molecule has 1 aliphatic rings. The first-order chi connectivity index (χ1) is 9.05. The summed E-state index contributed by atoms with van der Waals surface area (Å²) in [5, 5.41) is 3.45. The molecule has 1 aromatic heterocycles. The van der Waals surface area contributed by atoms with Crippen molar-refractivity contribution in [1.82, 2.24) is 14.9 Å². The average Bonchev–Trinajstić information content (AvgIpc) is 2.84. The van der Waals surface area contributed by atoms with Crippen molar-refractivity contribution in [3.63, 3.8) is 0 Å². The number of nitrogens with two attached hydrogens (primary N) is 1. The van der Waals surface area contributed by atoms with Gasteiger partial charge in [-0.05, 0) is 33.4 Å². The van der Waals surface area contributed by atoms with E-state index < -0.39 is 0 Å². The van der Waals surface area contributed by atoms with E-state index in [0.29, 0.717) is 5.95 Å². The Bertz CT molecular complexity index is 406. The molecule has 0 spiro atoms. The van der Waals surface area contributed by atoms with Gasteiger partial charge in [0.15, 0.2) is 0 Å². The minimum atomic E-state index is 0.266. The Balaban J connectivity index is 2.06. The van der Waals surface area contributed by atoms with Gasteiger partial charge in [-0.3, -0.25) is 4.90 Å². The van der Waals surface area contributed by atoms with Crippen LogP contribution in [0.3, 0.4) is 0 Å². The van der Waals surface area contributed by atoms with Gasteiger partial charge in [-0.2, -0.15) is 4.98 Å². The maximum Gasteiger partial charge on any atom is 0.222 e. The van der Waals surface area contributed by atoms with Crippen molar-refractivity contribution < 1.29 is 0 Å². The number of nitrogens with zero attached hydrogens (tertiary/aromatic N) is 3. The standard InChI is InChI=1S/C14H25N5/c1-4-19(3)14(7-5-6-8-14)10-16-12-9-11(2)17-13(15)18-12/h9H,4-8,10H2,1-3H3,(H3,15,16,17,18). The lowest BCUT2D eigenvalue weighted by atomic mass is 9.95. The summed E-state index contributed by atoms with van der Waals surface area (Å²) in [6.07, 6.45) is 5.14. The Labute approximate surface area is 115 Å². The molecule has 3 N–H and O–H groups in total. The minimum Gasteiger partial charge on any atom is -0.368 e. The monoisotopic (exact) mass is 263 g/mol. The number of likely N-dealkylation sites (N-methyl/N-ethyl adjacent to an activating group) is 1. The van der Waals surface area contributed by atoms with Crippen LogP contribution in [0.1, 0.15) is 38.3 Å². The summed E-state index contributed by atoms with van der Waals surface area (Å²) in [6, 6.07) is 1.95. The Morgan fingerprint density at radius 2 is 2.05 bits per heavy atom. The van der Waals surface area contributed by atoms with E-state index in [1.807, 2.05) is 13.0 Å². The van der Waals surface area contributed by atoms with Crippen molar-refractivity contribution in [2.75, 3.05) is 31.2 Å². The highest BCUT2D eigenvalue weighted by molar-refractivity contribution is 5.40. The molecule has 1 fully saturated rings. The van der Waals surface area contributed by atoms with E-state index in [4.69, 9.17) is 5.73 Å². The molecule has 0 aromatic carbocycles. The number of nitrogens with one attached hydrogen (secondary N) is 1. The first kappa shape index (κ1) is 14.1. The number of anilines is 2. The fourth-order valence-corrected chi connectivity index (χ4v) is 3.00. The fraction of sp³-hybridized carbons (Fsp3) is 0.714. The Kier molecular flexibility index (Phi) is 4.24. The van der Waals surface area contributed by atoms with Gasteiger partial charge >= 0.3 is 0 Å². The van der Waals surface area contributed by atoms with Gasteiger partial charge in [0.2, 0.25) is 5.95 Å². The van der Waals surface area contributed by atoms with Crippen LogP contribution in [0.15, 0.2) is 6.07 Å². The highest BCUT2D eigenvalue weighted by Gasteiger charge is 2.36. The van der Waals surface area contributed by atoms with Crippen molar-refractivity contribution in [2.45, 2.75) is 45.1 Å². The maximum absolute atomic E-state index is 5.69. The Morgan fingerprint density at radius 3 is 2.63 bits per heavy atom. The van der Waals surface area contributed by atoms with Gasteiger partial charge < -0.3 is 11.1 Å². The molecule has 1 heterocycles. The lowest BCUT2D eigenvalue weighted by molar-refractivity contribution is 0.144. The van der Waals surface area contributed by atoms with Gasteiger partial charge in [0.25, 0.3) is 0 Å². The number of hydrogen-bond donors (Lipinski definition) is 2. The second-order valence-corrected chi connectivity index (χ2v) is 5.55. The van der Waals surface area contributed by atoms with Gasteiger partial charge in [-0.15, -0.1) is 0 Å². The summed E-state index contributed by atoms with van der Waals surface area (Å²) in [5.41, 5.74) is 6.86. The van der Waals surface area contributed by atoms with Crippen LogP contribution in [0.2, 0.25) is 0 Å². The fourth-order valence-electron chi connectivity index (χ4n) is 3.00. The van der Waals surface area contributed by atoms with Crippen molar-refractivity contribution >= 4 is 11.8 Å². The van der Waals surface area contributed by atoms with E-state index in [9.17, 15) is 0 Å². The Hall–Kier alpha value is -1.36. The molecule has 0 radical (unpaired) electrons. The zero-order valence-electron chi connectivity index (χ0n) is 12.2. The van der Waals surface area contributed by atoms with Gasteiger partial charge in [-0.1, -0.05) is 19.8 Å². The number of aromatic nitrogens is 2. The summed E-state index contributed by atoms with van der Waals surface area (Å²) in [5.74, 6) is 1.17. The minimum absolute atomic E-state index is 0.266. The largest absolute Gasteiger partial charge is 0.368 e. The highest BCUT2D eigenvalue weighted by Crippen LogP contribution is 2.34. The predicted octanol–water partition coefficient (Wildman–Crippen LogP) is 2.04. The molecule has 5 heteroatoms. The second kappa shape index (κ2) is 5.74. The third-order valence-electron chi connectivity index (χ3n) is 4.29. The molecule has 0 unspecified atom stereocenters. The normalized spacial score (nSPS) is 17.9. The van der Waals surface area contributed by atoms with Crippen molar-refractivity contribution in [3.8, 4) is 0 Å². The molecule has 0 bridgehead atoms. The molecular formula is C14H25N5. The summed E-state index contributed by atoms with van der Waals surface area (Å²) < 4.78 is 0. The van der Waals surface area contributed by atoms with E-state index in [1.54, 1.807) is 0 Å². The van der Waals surface area contributed by atoms with E-state index in [2.05, 4.69) is 34.2 Å². The van der Waals surface area contributed by atoms with Crippen molar-refractivity contribution in [1.29, 1.82) is 0 Å². The van der Waals surface area contributed by atoms with E-state index >= 15 is 0 Å². The van der Waals surface area contributed by atoms with Crippen LogP contribution in [-0.2, 0) is 0 Å². The van der Waals surface area contributed by atoms with Crippen LogP contribution < -0.4 is 11.1 Å². The lowest BCUT2D eigenvalue weighted by Crippen LogP contribution is -2.49. The van der Waals surface area contributed by atoms with Crippen molar-refractivity contribution in [3.05, 3.63) is 11.8 Å². The molecule has 1 saturated carbocycles. The Morgan fingerprint density at radius 1 is 1.37 bits per heavy atom. The molecule has 0 atom stereocenters. The summed E-state index contributed by atoms with van der Waals surface area (Å²) in [6.45, 7) is 6.15. The van der Waals surface area contributed by atoms with Crippen LogP contribution >= 0.6 is 0 Å². The first-order valence-electron chi connectivity index (χ1n) is 7.12. The topological polar surface area (TPSA) is 67.1 Å². The molecule has 1 aliphatic carbocycles. The quantitative estimate of drug-likeness (QED) is 0.851. The summed E-state index contributed by atoms with van der Waals surface area (Å²) in [4.78, 5) is 10.8. The van der Waals surface area contributed by atoms with Crippen LogP contribution in [0.25, 0.3) is 0 Å². The molecule has 5 nitrogen and oxygen atoms in total. The van der Waals surface area contributed by atoms with Crippen LogP contribution in [0.5, 0.6) is 0 Å². The predicted molar refractivity (Wildman–Crippen MR) is 79.2 cm³/mol. The van der Waals surface area contributed by atoms with Gasteiger partial charge in [-0.25, -0.2) is 4.98 Å². The zero-order valence-corrected chi connectivity index (χ0v) is 12.2. The molecule has 0 saturated heterocycles. The number of hydrogen-bond acceptors (Lipinski definition) is 5. The first-order valence-corrected chi connectivity index (χ1v) is 7.12. The number of rotatable bonds is 5. The zero-order chi connectivity index (χ0) is 13.9. The summed E-state index contributed by atoms with van der Waals surface area (Å²) in [7, 11) is 2.21. The van der Waals surface area contributed by atoms with Crippen LogP contribution in [0.4, 0.5) is 11.8 Å². The molecule has 19 heavy (non-hydrogen) atoms.